The van der Waals surface area contributed by atoms with Gasteiger partial charge in [0, 0.05) is 37.6 Å². The molecule has 1 aromatic heterocycles. The molecule has 0 aliphatic carbocycles. The summed E-state index contributed by atoms with van der Waals surface area (Å²) in [5.41, 5.74) is 0.643. The number of hydrogen-bond donors (Lipinski definition) is 1. The van der Waals surface area contributed by atoms with Crippen LogP contribution < -0.4 is 5.32 Å². The average Bonchev–Trinajstić information content (AvgIpc) is 3.27. The van der Waals surface area contributed by atoms with Crippen molar-refractivity contribution in [1.29, 1.82) is 0 Å². The van der Waals surface area contributed by atoms with Crippen LogP contribution in [0.15, 0.2) is 30.6 Å². The number of carbonyl (C=O) groups is 1. The largest absolute Gasteiger partial charge is 0.383 e. The van der Waals surface area contributed by atoms with Crippen LogP contribution in [0.25, 0.3) is 0 Å². The van der Waals surface area contributed by atoms with Crippen LogP contribution in [0.5, 0.6) is 0 Å². The number of nitrogens with one attached hydrogen (secondary N) is 1. The second-order valence-corrected chi connectivity index (χ2v) is 5.58. The topological polar surface area (TPSA) is 106 Å². The van der Waals surface area contributed by atoms with Crippen molar-refractivity contribution in [3.8, 4) is 0 Å². The highest BCUT2D eigenvalue weighted by Gasteiger charge is 2.26. The molecule has 1 saturated heterocycles. The smallest absolute Gasteiger partial charge is 0.282 e. The van der Waals surface area contributed by atoms with Crippen molar-refractivity contribution in [1.82, 2.24) is 19.9 Å². The molecule has 24 heavy (non-hydrogen) atoms. The molecule has 0 atom stereocenters. The number of nitro benzene ring substituents is 1. The zero-order valence-corrected chi connectivity index (χ0v) is 13.1. The molecule has 1 amide bonds. The third kappa shape index (κ3) is 3.50. The summed E-state index contributed by atoms with van der Waals surface area (Å²) in [5, 5.41) is 22.0. The van der Waals surface area contributed by atoms with E-state index in [0.717, 1.165) is 12.8 Å². The third-order valence-electron chi connectivity index (χ3n) is 3.96. The number of amides is 1. The van der Waals surface area contributed by atoms with E-state index in [2.05, 4.69) is 15.6 Å². The van der Waals surface area contributed by atoms with Gasteiger partial charge >= 0.3 is 0 Å². The van der Waals surface area contributed by atoms with Crippen LogP contribution in [0.2, 0.25) is 0 Å². The maximum atomic E-state index is 12.6. The molecule has 126 valence electrons. The number of nitrogens with zero attached hydrogens (tertiary/aromatic N) is 5. The Balaban J connectivity index is 1.74. The summed E-state index contributed by atoms with van der Waals surface area (Å²) in [6.45, 7) is 2.48. The highest BCUT2D eigenvalue weighted by atomic mass is 16.6. The predicted molar refractivity (Wildman–Crippen MR) is 86.7 cm³/mol. The first-order chi connectivity index (χ1) is 11.6. The number of carbonyl (C=O) groups excluding carboxylic acids is 1. The monoisotopic (exact) mass is 330 g/mol. The van der Waals surface area contributed by atoms with Crippen molar-refractivity contribution in [2.45, 2.75) is 19.4 Å². The Morgan fingerprint density at radius 3 is 2.79 bits per heavy atom. The normalized spacial score (nSPS) is 13.9. The van der Waals surface area contributed by atoms with Crippen molar-refractivity contribution in [3.05, 3.63) is 46.3 Å². The number of benzene rings is 1. The zero-order valence-electron chi connectivity index (χ0n) is 13.1. The van der Waals surface area contributed by atoms with Gasteiger partial charge in [-0.15, -0.1) is 5.10 Å². The van der Waals surface area contributed by atoms with Crippen LogP contribution in [0.4, 0.5) is 11.4 Å². The fourth-order valence-corrected chi connectivity index (χ4v) is 2.73. The molecule has 0 saturated carbocycles. The molecule has 1 fully saturated rings. The Hall–Kier alpha value is -2.97. The maximum Gasteiger partial charge on any atom is 0.282 e. The Bertz CT molecular complexity index is 725. The molecule has 1 aromatic carbocycles. The van der Waals surface area contributed by atoms with Gasteiger partial charge in [0.1, 0.15) is 5.56 Å². The Morgan fingerprint density at radius 2 is 2.12 bits per heavy atom. The predicted octanol–water partition coefficient (Wildman–Crippen LogP) is 1.53. The Kier molecular flexibility index (Phi) is 4.69. The first-order valence-corrected chi connectivity index (χ1v) is 7.81. The summed E-state index contributed by atoms with van der Waals surface area (Å²) in [6.07, 6.45) is 5.23. The minimum absolute atomic E-state index is 0.132. The summed E-state index contributed by atoms with van der Waals surface area (Å²) in [5.74, 6) is -0.279. The van der Waals surface area contributed by atoms with Gasteiger partial charge in [0.25, 0.3) is 11.6 Å². The summed E-state index contributed by atoms with van der Waals surface area (Å²) >= 11 is 0. The quantitative estimate of drug-likeness (QED) is 0.636. The molecule has 2 heterocycles. The van der Waals surface area contributed by atoms with E-state index < -0.39 is 4.92 Å². The summed E-state index contributed by atoms with van der Waals surface area (Å²) in [7, 11) is 0. The minimum Gasteiger partial charge on any atom is -0.383 e. The summed E-state index contributed by atoms with van der Waals surface area (Å²) in [6, 6.07) is 4.54. The molecule has 3 rings (SSSR count). The summed E-state index contributed by atoms with van der Waals surface area (Å²) < 4.78 is 1.68. The van der Waals surface area contributed by atoms with Gasteiger partial charge in [-0.1, -0.05) is 5.21 Å². The second kappa shape index (κ2) is 7.07. The van der Waals surface area contributed by atoms with E-state index in [0.29, 0.717) is 31.9 Å². The fourth-order valence-electron chi connectivity index (χ4n) is 2.73. The van der Waals surface area contributed by atoms with Gasteiger partial charge < -0.3 is 10.2 Å². The maximum absolute atomic E-state index is 12.6. The Labute approximate surface area is 138 Å². The fraction of sp³-hybridized carbons (Fsp3) is 0.400. The van der Waals surface area contributed by atoms with Gasteiger partial charge in [0.05, 0.1) is 17.7 Å². The number of anilines is 1. The Morgan fingerprint density at radius 1 is 1.33 bits per heavy atom. The number of hydrogen-bond acceptors (Lipinski definition) is 6. The van der Waals surface area contributed by atoms with Crippen LogP contribution in [-0.4, -0.2) is 50.4 Å². The lowest BCUT2D eigenvalue weighted by Crippen LogP contribution is -2.28. The van der Waals surface area contributed by atoms with Crippen molar-refractivity contribution in [2.24, 2.45) is 0 Å². The van der Waals surface area contributed by atoms with Gasteiger partial charge in [0.2, 0.25) is 0 Å². The molecule has 9 nitrogen and oxygen atoms in total. The molecule has 1 aliphatic rings. The molecular formula is C15H18N6O3. The SMILES string of the molecule is O=C(c1cc(NCCn2ccnn2)ccc1[N+](=O)[O-])N1CCCC1. The molecule has 1 N–H and O–H groups in total. The first-order valence-electron chi connectivity index (χ1n) is 7.81. The minimum atomic E-state index is -0.511. The van der Waals surface area contributed by atoms with E-state index in [1.165, 1.54) is 6.07 Å². The van der Waals surface area contributed by atoms with Crippen molar-refractivity contribution < 1.29 is 9.72 Å². The number of nitro groups is 1. The lowest BCUT2D eigenvalue weighted by molar-refractivity contribution is -0.385. The number of likely N-dealkylation sites (tertiary alicyclic amines) is 1. The van der Waals surface area contributed by atoms with E-state index >= 15 is 0 Å². The highest BCUT2D eigenvalue weighted by molar-refractivity contribution is 5.99. The van der Waals surface area contributed by atoms with Crippen molar-refractivity contribution in [3.63, 3.8) is 0 Å². The molecule has 9 heteroatoms. The molecule has 0 bridgehead atoms. The first kappa shape index (κ1) is 15.9. The van der Waals surface area contributed by atoms with E-state index in [1.54, 1.807) is 34.1 Å². The highest BCUT2D eigenvalue weighted by Crippen LogP contribution is 2.25. The van der Waals surface area contributed by atoms with E-state index in [-0.39, 0.29) is 17.2 Å². The van der Waals surface area contributed by atoms with Gasteiger partial charge in [-0.3, -0.25) is 19.6 Å². The van der Waals surface area contributed by atoms with Crippen LogP contribution in [0.3, 0.4) is 0 Å². The zero-order chi connectivity index (χ0) is 16.9. The van der Waals surface area contributed by atoms with Crippen LogP contribution in [-0.2, 0) is 6.54 Å². The third-order valence-corrected chi connectivity index (χ3v) is 3.96. The lowest BCUT2D eigenvalue weighted by Gasteiger charge is -2.16. The van der Waals surface area contributed by atoms with Crippen LogP contribution in [0, 0.1) is 10.1 Å². The molecule has 0 radical (unpaired) electrons. The van der Waals surface area contributed by atoms with Gasteiger partial charge in [0.15, 0.2) is 0 Å². The molecule has 1 aliphatic heterocycles. The van der Waals surface area contributed by atoms with Crippen LogP contribution >= 0.6 is 0 Å². The van der Waals surface area contributed by atoms with Gasteiger partial charge in [-0.05, 0) is 25.0 Å². The van der Waals surface area contributed by atoms with Gasteiger partial charge in [-0.25, -0.2) is 0 Å². The van der Waals surface area contributed by atoms with Crippen molar-refractivity contribution in [2.75, 3.05) is 25.0 Å². The van der Waals surface area contributed by atoms with Crippen LogP contribution in [0.1, 0.15) is 23.2 Å². The molecular weight excluding hydrogens is 312 g/mol. The standard InChI is InChI=1S/C15H18N6O3/c22-15(19-7-1-2-8-19)13-11-12(3-4-14(13)21(23)24)16-5-9-20-10-6-17-18-20/h3-4,6,10-11,16H,1-2,5,7-9H2. The van der Waals surface area contributed by atoms with E-state index in [9.17, 15) is 14.9 Å². The molecule has 2 aromatic rings. The van der Waals surface area contributed by atoms with Gasteiger partial charge in [-0.2, -0.15) is 0 Å². The number of rotatable bonds is 6. The second-order valence-electron chi connectivity index (χ2n) is 5.58. The van der Waals surface area contributed by atoms with E-state index in [4.69, 9.17) is 0 Å². The lowest BCUT2D eigenvalue weighted by atomic mass is 10.1. The van der Waals surface area contributed by atoms with E-state index in [1.807, 2.05) is 0 Å². The molecule has 0 spiro atoms. The molecule has 0 unspecified atom stereocenters. The number of aromatic nitrogens is 3. The average molecular weight is 330 g/mol. The van der Waals surface area contributed by atoms with Crippen molar-refractivity contribution >= 4 is 17.3 Å². The summed E-state index contributed by atoms with van der Waals surface area (Å²) in [4.78, 5) is 24.9.